The third kappa shape index (κ3) is 4.56. The van der Waals surface area contributed by atoms with E-state index < -0.39 is 0 Å². The lowest BCUT2D eigenvalue weighted by molar-refractivity contribution is 0.112. The number of hydrogen-bond donors (Lipinski definition) is 2. The van der Waals surface area contributed by atoms with Crippen LogP contribution in [0.1, 0.15) is 43.7 Å². The summed E-state index contributed by atoms with van der Waals surface area (Å²) in [6.45, 7) is 3.08. The maximum absolute atomic E-state index is 12.6. The van der Waals surface area contributed by atoms with E-state index >= 15 is 0 Å². The molecule has 0 saturated carbocycles. The standard InChI is InChI=1S/C24H31N3O2/c1-3-18-6-4-5-7-23(18)26-24(28)25-19-14-20-10-11-21(15-19)27(20)16-17-8-12-22(29-2)13-9-17/h4-9,12-13,19-21H,3,10-11,14-16H2,1-2H3,(H2,25,26,28)/t20-,21-/m1/s1. The van der Waals surface area contributed by atoms with Crippen molar-refractivity contribution in [1.82, 2.24) is 10.2 Å². The number of carbonyl (C=O) groups excluding carboxylic acids is 1. The molecule has 2 N–H and O–H groups in total. The third-order valence-corrected chi connectivity index (χ3v) is 6.39. The number of ether oxygens (including phenoxy) is 1. The topological polar surface area (TPSA) is 53.6 Å². The van der Waals surface area contributed by atoms with E-state index in [1.165, 1.54) is 18.4 Å². The van der Waals surface area contributed by atoms with Crippen LogP contribution >= 0.6 is 0 Å². The van der Waals surface area contributed by atoms with E-state index in [9.17, 15) is 4.79 Å². The number of fused-ring (bicyclic) bond motifs is 2. The number of methoxy groups -OCH3 is 1. The molecule has 0 aliphatic carbocycles. The van der Waals surface area contributed by atoms with Crippen molar-refractivity contribution < 1.29 is 9.53 Å². The van der Waals surface area contributed by atoms with Gasteiger partial charge in [0.1, 0.15) is 5.75 Å². The largest absolute Gasteiger partial charge is 0.497 e. The summed E-state index contributed by atoms with van der Waals surface area (Å²) in [5.41, 5.74) is 3.40. The molecule has 4 rings (SSSR count). The highest BCUT2D eigenvalue weighted by molar-refractivity contribution is 5.90. The number of nitrogens with one attached hydrogen (secondary N) is 2. The van der Waals surface area contributed by atoms with Gasteiger partial charge in [0.05, 0.1) is 7.11 Å². The van der Waals surface area contributed by atoms with Gasteiger partial charge in [0, 0.05) is 30.4 Å². The van der Waals surface area contributed by atoms with E-state index in [2.05, 4.69) is 40.7 Å². The van der Waals surface area contributed by atoms with Crippen molar-refractivity contribution in [1.29, 1.82) is 0 Å². The Morgan fingerprint density at radius 2 is 1.76 bits per heavy atom. The zero-order valence-corrected chi connectivity index (χ0v) is 17.4. The average Bonchev–Trinajstić information content (AvgIpc) is 2.96. The number of hydrogen-bond acceptors (Lipinski definition) is 3. The van der Waals surface area contributed by atoms with Gasteiger partial charge in [0.2, 0.25) is 0 Å². The molecule has 5 nitrogen and oxygen atoms in total. The molecule has 5 heteroatoms. The highest BCUT2D eigenvalue weighted by atomic mass is 16.5. The van der Waals surface area contributed by atoms with E-state index in [0.29, 0.717) is 12.1 Å². The first kappa shape index (κ1) is 19.8. The molecule has 2 aromatic carbocycles. The fraction of sp³-hybridized carbons (Fsp3) is 0.458. The second kappa shape index (κ2) is 8.87. The molecule has 2 bridgehead atoms. The number of anilines is 1. The van der Waals surface area contributed by atoms with Gasteiger partial charge in [-0.05, 0) is 61.4 Å². The maximum Gasteiger partial charge on any atom is 0.319 e. The summed E-state index contributed by atoms with van der Waals surface area (Å²) in [5, 5.41) is 6.27. The van der Waals surface area contributed by atoms with Crippen LogP contribution in [0, 0.1) is 0 Å². The molecule has 2 saturated heterocycles. The number of urea groups is 1. The van der Waals surface area contributed by atoms with Gasteiger partial charge in [-0.15, -0.1) is 0 Å². The molecular formula is C24H31N3O2. The third-order valence-electron chi connectivity index (χ3n) is 6.39. The van der Waals surface area contributed by atoms with Gasteiger partial charge in [-0.1, -0.05) is 37.3 Å². The van der Waals surface area contributed by atoms with Crippen LogP contribution in [-0.4, -0.2) is 36.2 Å². The minimum absolute atomic E-state index is 0.0843. The summed E-state index contributed by atoms with van der Waals surface area (Å²) in [5.74, 6) is 0.898. The Bertz CT molecular complexity index is 822. The van der Waals surface area contributed by atoms with Gasteiger partial charge in [0.25, 0.3) is 0 Å². The summed E-state index contributed by atoms with van der Waals surface area (Å²) < 4.78 is 5.26. The Morgan fingerprint density at radius 3 is 2.41 bits per heavy atom. The Morgan fingerprint density at radius 1 is 1.07 bits per heavy atom. The zero-order valence-electron chi connectivity index (χ0n) is 17.4. The van der Waals surface area contributed by atoms with Crippen molar-refractivity contribution in [2.75, 3.05) is 12.4 Å². The van der Waals surface area contributed by atoms with Crippen LogP contribution in [0.4, 0.5) is 10.5 Å². The predicted molar refractivity (Wildman–Crippen MR) is 116 cm³/mol. The highest BCUT2D eigenvalue weighted by Gasteiger charge is 2.40. The summed E-state index contributed by atoms with van der Waals surface area (Å²) in [6.07, 6.45) is 5.40. The molecule has 2 aliphatic heterocycles. The number of nitrogens with zero attached hydrogens (tertiary/aromatic N) is 1. The van der Waals surface area contributed by atoms with Gasteiger partial charge < -0.3 is 15.4 Å². The van der Waals surface area contributed by atoms with Crippen molar-refractivity contribution in [2.24, 2.45) is 0 Å². The normalized spacial score (nSPS) is 23.6. The molecule has 2 atom stereocenters. The van der Waals surface area contributed by atoms with Gasteiger partial charge in [-0.2, -0.15) is 0 Å². The van der Waals surface area contributed by atoms with Crippen LogP contribution in [0.15, 0.2) is 48.5 Å². The van der Waals surface area contributed by atoms with Crippen LogP contribution in [0.2, 0.25) is 0 Å². The minimum atomic E-state index is -0.0843. The lowest BCUT2D eigenvalue weighted by Gasteiger charge is -2.39. The molecule has 2 amide bonds. The molecule has 0 unspecified atom stereocenters. The van der Waals surface area contributed by atoms with Crippen LogP contribution in [0.3, 0.4) is 0 Å². The van der Waals surface area contributed by atoms with Crippen molar-refractivity contribution in [2.45, 2.75) is 63.7 Å². The van der Waals surface area contributed by atoms with E-state index in [-0.39, 0.29) is 12.1 Å². The van der Waals surface area contributed by atoms with E-state index in [1.54, 1.807) is 7.11 Å². The molecule has 2 fully saturated rings. The van der Waals surface area contributed by atoms with Gasteiger partial charge in [-0.3, -0.25) is 4.90 Å². The first-order valence-corrected chi connectivity index (χ1v) is 10.7. The number of para-hydroxylation sites is 1. The second-order valence-corrected chi connectivity index (χ2v) is 8.18. The predicted octanol–water partition coefficient (Wildman–Crippen LogP) is 4.57. The van der Waals surface area contributed by atoms with Gasteiger partial charge >= 0.3 is 6.03 Å². The lowest BCUT2D eigenvalue weighted by Crippen LogP contribution is -2.50. The number of benzene rings is 2. The Balaban J connectivity index is 1.33. The Labute approximate surface area is 173 Å². The van der Waals surface area contributed by atoms with Crippen molar-refractivity contribution >= 4 is 11.7 Å². The fourth-order valence-electron chi connectivity index (χ4n) is 4.89. The highest BCUT2D eigenvalue weighted by Crippen LogP contribution is 2.37. The minimum Gasteiger partial charge on any atom is -0.497 e. The van der Waals surface area contributed by atoms with Gasteiger partial charge in [-0.25, -0.2) is 4.79 Å². The molecule has 0 spiro atoms. The number of amides is 2. The van der Waals surface area contributed by atoms with Crippen LogP contribution < -0.4 is 15.4 Å². The SMILES string of the molecule is CCc1ccccc1NC(=O)NC1C[C@H]2CC[C@H](C1)N2Cc1ccc(OC)cc1. The first-order valence-electron chi connectivity index (χ1n) is 10.7. The Kier molecular flexibility index (Phi) is 6.05. The summed E-state index contributed by atoms with van der Waals surface area (Å²) in [4.78, 5) is 15.2. The molecule has 0 radical (unpaired) electrons. The second-order valence-electron chi connectivity index (χ2n) is 8.18. The number of carbonyl (C=O) groups is 1. The molecular weight excluding hydrogens is 362 g/mol. The van der Waals surface area contributed by atoms with Crippen molar-refractivity contribution in [3.63, 3.8) is 0 Å². The quantitative estimate of drug-likeness (QED) is 0.756. The number of rotatable bonds is 6. The lowest BCUT2D eigenvalue weighted by atomic mass is 9.96. The summed E-state index contributed by atoms with van der Waals surface area (Å²) >= 11 is 0. The van der Waals surface area contributed by atoms with E-state index in [0.717, 1.165) is 42.8 Å². The summed E-state index contributed by atoms with van der Waals surface area (Å²) in [6, 6.07) is 17.6. The molecule has 0 aromatic heterocycles. The molecule has 2 aliphatic rings. The first-order chi connectivity index (χ1) is 14.2. The van der Waals surface area contributed by atoms with Crippen molar-refractivity contribution in [3.05, 3.63) is 59.7 Å². The maximum atomic E-state index is 12.6. The number of aryl methyl sites for hydroxylation is 1. The average molecular weight is 394 g/mol. The van der Waals surface area contributed by atoms with Gasteiger partial charge in [0.15, 0.2) is 0 Å². The molecule has 2 aromatic rings. The van der Waals surface area contributed by atoms with Crippen molar-refractivity contribution in [3.8, 4) is 5.75 Å². The van der Waals surface area contributed by atoms with E-state index in [1.807, 2.05) is 30.3 Å². The number of piperidine rings is 1. The summed E-state index contributed by atoms with van der Waals surface area (Å²) in [7, 11) is 1.70. The molecule has 2 heterocycles. The Hall–Kier alpha value is -2.53. The molecule has 154 valence electrons. The monoisotopic (exact) mass is 393 g/mol. The van der Waals surface area contributed by atoms with Crippen LogP contribution in [-0.2, 0) is 13.0 Å². The zero-order chi connectivity index (χ0) is 20.2. The van der Waals surface area contributed by atoms with Crippen LogP contribution in [0.25, 0.3) is 0 Å². The fourth-order valence-corrected chi connectivity index (χ4v) is 4.89. The van der Waals surface area contributed by atoms with E-state index in [4.69, 9.17) is 4.74 Å². The van der Waals surface area contributed by atoms with Crippen LogP contribution in [0.5, 0.6) is 5.75 Å². The smallest absolute Gasteiger partial charge is 0.319 e. The molecule has 29 heavy (non-hydrogen) atoms.